The van der Waals surface area contributed by atoms with Gasteiger partial charge in [-0.2, -0.15) is 0 Å². The van der Waals surface area contributed by atoms with E-state index in [1.165, 1.54) is 28.7 Å². The zero-order chi connectivity index (χ0) is 22.1. The van der Waals surface area contributed by atoms with Crippen LogP contribution in [-0.2, 0) is 29.0 Å². The third-order valence-electron chi connectivity index (χ3n) is 3.64. The van der Waals surface area contributed by atoms with Crippen molar-refractivity contribution in [3.63, 3.8) is 0 Å². The first-order chi connectivity index (χ1) is 14.1. The van der Waals surface area contributed by atoms with Crippen LogP contribution in [-0.4, -0.2) is 14.7 Å². The van der Waals surface area contributed by atoms with Crippen molar-refractivity contribution in [2.45, 2.75) is 0 Å². The second-order valence-electron chi connectivity index (χ2n) is 5.79. The van der Waals surface area contributed by atoms with E-state index in [-0.39, 0.29) is 21.2 Å². The Morgan fingerprint density at radius 1 is 0.667 bits per heavy atom. The third-order valence-corrected chi connectivity index (χ3v) is 6.23. The predicted molar refractivity (Wildman–Crippen MR) is 101 cm³/mol. The van der Waals surface area contributed by atoms with Crippen molar-refractivity contribution < 1.29 is 68.6 Å². The minimum absolute atomic E-state index is 0.121. The van der Waals surface area contributed by atoms with Crippen LogP contribution in [0.5, 0.6) is 0 Å². The number of hydrogen-bond acceptors (Lipinski definition) is 4. The standard InChI is InChI=1S/C20H14I.H3O4P.3O.W/c1-3-7-17-13-19(11-9-15(17)5-1)21-20-12-10-16-6-2-4-8-18(16)14-20;1-5(2,3)4;;;;/h1-14H;(H3,1,2,3,4);;;;/q+1;;;;-1;. The molecule has 0 heterocycles. The summed E-state index contributed by atoms with van der Waals surface area (Å²) in [5, 5.41) is 5.33. The number of benzene rings is 4. The minimum atomic E-state index is -4.64. The molecule has 4 aromatic rings. The molecule has 0 aliphatic carbocycles. The van der Waals surface area contributed by atoms with E-state index in [0.29, 0.717) is 0 Å². The van der Waals surface area contributed by atoms with E-state index in [0.717, 1.165) is 0 Å². The molecule has 157 valence electrons. The molecule has 0 saturated carbocycles. The molecule has 0 fully saturated rings. The topological polar surface area (TPSA) is 135 Å². The summed E-state index contributed by atoms with van der Waals surface area (Å²) in [5.74, 6) is 0. The Bertz CT molecular complexity index is 1160. The fourth-order valence-corrected chi connectivity index (χ4v) is 4.98. The number of hydrogen-bond donors (Lipinski definition) is 3. The van der Waals surface area contributed by atoms with Gasteiger partial charge < -0.3 is 14.7 Å². The van der Waals surface area contributed by atoms with Gasteiger partial charge in [0, 0.05) is 0 Å². The molecule has 3 N–H and O–H groups in total. The van der Waals surface area contributed by atoms with E-state index < -0.39 is 25.4 Å². The third kappa shape index (κ3) is 9.53. The quantitative estimate of drug-likeness (QED) is 0.193. The van der Waals surface area contributed by atoms with Crippen LogP contribution in [0.2, 0.25) is 0 Å². The first-order valence-corrected chi connectivity index (χ1v) is 15.6. The average molecular weight is 711 g/mol. The molecule has 0 saturated heterocycles. The first-order valence-electron chi connectivity index (χ1n) is 8.29. The molecule has 7 nitrogen and oxygen atoms in total. The molecule has 0 aliphatic rings. The smallest absolute Gasteiger partial charge is 0.0616 e. The Labute approximate surface area is 189 Å². The van der Waals surface area contributed by atoms with E-state index >= 15 is 0 Å². The Morgan fingerprint density at radius 2 is 0.967 bits per heavy atom. The van der Waals surface area contributed by atoms with Crippen LogP contribution in [0.25, 0.3) is 21.5 Å². The van der Waals surface area contributed by atoms with E-state index in [9.17, 15) is 0 Å². The molecule has 4 rings (SSSR count). The summed E-state index contributed by atoms with van der Waals surface area (Å²) in [6.07, 6.45) is 0. The largest absolute Gasteiger partial charge is 0.357 e. The molecular weight excluding hydrogens is 694 g/mol. The maximum Gasteiger partial charge on any atom is 0.357 e. The maximum atomic E-state index is 8.88. The molecule has 10 heteroatoms. The molecule has 4 aromatic carbocycles. The van der Waals surface area contributed by atoms with E-state index in [1.807, 2.05) is 0 Å². The van der Waals surface area contributed by atoms with Crippen LogP contribution in [0.4, 0.5) is 0 Å². The van der Waals surface area contributed by atoms with Gasteiger partial charge in [-0.1, -0.05) is 48.5 Å². The molecule has 0 bridgehead atoms. The van der Waals surface area contributed by atoms with E-state index in [1.54, 1.807) is 0 Å². The van der Waals surface area contributed by atoms with Crippen molar-refractivity contribution in [1.82, 2.24) is 0 Å². The Hall–Kier alpha value is -1.51. The molecule has 0 radical (unpaired) electrons. The van der Waals surface area contributed by atoms with Crippen molar-refractivity contribution in [1.29, 1.82) is 0 Å². The van der Waals surface area contributed by atoms with E-state index in [4.69, 9.17) is 29.8 Å². The van der Waals surface area contributed by atoms with Gasteiger partial charge in [0.15, 0.2) is 7.14 Å². The molecule has 0 spiro atoms. The van der Waals surface area contributed by atoms with Gasteiger partial charge in [0.1, 0.15) is 0 Å². The van der Waals surface area contributed by atoms with Crippen LogP contribution in [0.15, 0.2) is 84.9 Å². The fraction of sp³-hybridized carbons (Fsp3) is 0. The van der Waals surface area contributed by atoms with Crippen LogP contribution in [0.1, 0.15) is 0 Å². The van der Waals surface area contributed by atoms with Crippen molar-refractivity contribution in [2.24, 2.45) is 0 Å². The normalized spacial score (nSPS) is 10.5. The molecular formula is C20H17IO7PW. The zero-order valence-corrected chi connectivity index (χ0v) is 21.3. The predicted octanol–water partition coefficient (Wildman–Crippen LogP) is -0.236. The first kappa shape index (κ1) is 24.8. The van der Waals surface area contributed by atoms with Gasteiger partial charge >= 0.3 is 57.2 Å². The van der Waals surface area contributed by atoms with E-state index in [2.05, 4.69) is 84.9 Å². The van der Waals surface area contributed by atoms with Gasteiger partial charge in [-0.25, -0.2) is 4.57 Å². The SMILES string of the molecule is O=P(O)(O)O.[O]=[W](=[O])[O-].c1ccc2cc([I+]c3ccc4ccccc4c3)ccc2c1. The van der Waals surface area contributed by atoms with Crippen LogP contribution >= 0.6 is 7.82 Å². The maximum absolute atomic E-state index is 8.88. The number of halogens is 1. The van der Waals surface area contributed by atoms with Gasteiger partial charge in [0.2, 0.25) is 0 Å². The summed E-state index contributed by atoms with van der Waals surface area (Å²) in [6.45, 7) is 0. The van der Waals surface area contributed by atoms with Gasteiger partial charge in [0.25, 0.3) is 0 Å². The Balaban J connectivity index is 0.000000304. The van der Waals surface area contributed by atoms with Crippen molar-refractivity contribution in [3.05, 3.63) is 92.1 Å². The van der Waals surface area contributed by atoms with Crippen LogP contribution in [0.3, 0.4) is 0 Å². The summed E-state index contributed by atoms with van der Waals surface area (Å²) < 4.78 is 37.7. The number of rotatable bonds is 2. The molecule has 0 amide bonds. The van der Waals surface area contributed by atoms with Crippen molar-refractivity contribution in [2.75, 3.05) is 0 Å². The summed E-state index contributed by atoms with van der Waals surface area (Å²) in [4.78, 5) is 21.6. The molecule has 0 unspecified atom stereocenters. The Kier molecular flexibility index (Phi) is 9.71. The van der Waals surface area contributed by atoms with Gasteiger partial charge in [0.05, 0.1) is 0 Å². The summed E-state index contributed by atoms with van der Waals surface area (Å²) in [5.41, 5.74) is 0. The number of phosphoric acid groups is 1. The van der Waals surface area contributed by atoms with Crippen molar-refractivity contribution in [3.8, 4) is 0 Å². The molecule has 0 aromatic heterocycles. The molecule has 30 heavy (non-hydrogen) atoms. The van der Waals surface area contributed by atoms with Gasteiger partial charge in [-0.05, 0) is 57.9 Å². The average Bonchev–Trinajstić information content (AvgIpc) is 2.66. The fourth-order valence-electron chi connectivity index (χ4n) is 2.56. The minimum Gasteiger partial charge on any atom is -0.0616 e. The summed E-state index contributed by atoms with van der Waals surface area (Å²) in [7, 11) is -4.64. The van der Waals surface area contributed by atoms with Crippen LogP contribution < -0.4 is 25.0 Å². The van der Waals surface area contributed by atoms with Gasteiger partial charge in [-0.15, -0.1) is 0 Å². The number of fused-ring (bicyclic) bond motifs is 2. The Morgan fingerprint density at radius 3 is 1.30 bits per heavy atom. The second kappa shape index (κ2) is 11.8. The van der Waals surface area contributed by atoms with Crippen LogP contribution in [0, 0.1) is 7.14 Å². The second-order valence-corrected chi connectivity index (χ2v) is 11.3. The summed E-state index contributed by atoms with van der Waals surface area (Å²) >= 11 is -4.40. The molecule has 0 atom stereocenters. The zero-order valence-electron chi connectivity index (χ0n) is 15.3. The summed E-state index contributed by atoms with van der Waals surface area (Å²) in [6, 6.07) is 30.9. The monoisotopic (exact) mass is 711 g/mol. The van der Waals surface area contributed by atoms with Gasteiger partial charge in [-0.3, -0.25) is 0 Å². The van der Waals surface area contributed by atoms with Crippen molar-refractivity contribution >= 4 is 29.4 Å². The molecule has 0 aliphatic heterocycles.